The molecule has 100 valence electrons. The van der Waals surface area contributed by atoms with E-state index in [1.807, 2.05) is 38.1 Å². The smallest absolute Gasteiger partial charge is 0.220 e. The van der Waals surface area contributed by atoms with E-state index in [-0.39, 0.29) is 17.9 Å². The van der Waals surface area contributed by atoms with Gasteiger partial charge in [-0.05, 0) is 43.5 Å². The molecule has 0 spiro atoms. The van der Waals surface area contributed by atoms with Gasteiger partial charge in [-0.2, -0.15) is 0 Å². The molecule has 0 aliphatic heterocycles. The molecule has 2 unspecified atom stereocenters. The van der Waals surface area contributed by atoms with Gasteiger partial charge in [-0.3, -0.25) is 4.79 Å². The van der Waals surface area contributed by atoms with E-state index in [2.05, 4.69) is 5.32 Å². The Labute approximate surface area is 114 Å². The van der Waals surface area contributed by atoms with Crippen molar-refractivity contribution in [2.45, 2.75) is 32.7 Å². The summed E-state index contributed by atoms with van der Waals surface area (Å²) in [7, 11) is 0. The molecule has 0 aliphatic carbocycles. The molecule has 18 heavy (non-hydrogen) atoms. The van der Waals surface area contributed by atoms with Crippen LogP contribution in [0.25, 0.3) is 0 Å². The summed E-state index contributed by atoms with van der Waals surface area (Å²) in [5, 5.41) is 3.70. The number of benzene rings is 1. The molecule has 1 aromatic carbocycles. The highest BCUT2D eigenvalue weighted by molar-refractivity contribution is 6.30. The van der Waals surface area contributed by atoms with E-state index in [0.29, 0.717) is 13.0 Å². The molecule has 4 heteroatoms. The zero-order valence-corrected chi connectivity index (χ0v) is 11.7. The minimum Gasteiger partial charge on any atom is -0.353 e. The van der Waals surface area contributed by atoms with Gasteiger partial charge in [-0.25, -0.2) is 0 Å². The van der Waals surface area contributed by atoms with Gasteiger partial charge >= 0.3 is 0 Å². The topological polar surface area (TPSA) is 55.1 Å². The van der Waals surface area contributed by atoms with Gasteiger partial charge in [0, 0.05) is 17.5 Å². The Balaban J connectivity index is 2.42. The maximum Gasteiger partial charge on any atom is 0.220 e. The Morgan fingerprint density at radius 2 is 2.17 bits per heavy atom. The first-order valence-corrected chi connectivity index (χ1v) is 6.63. The monoisotopic (exact) mass is 268 g/mol. The molecule has 3 nitrogen and oxygen atoms in total. The van der Waals surface area contributed by atoms with Crippen molar-refractivity contribution in [2.75, 3.05) is 6.54 Å². The van der Waals surface area contributed by atoms with Crippen molar-refractivity contribution in [3.63, 3.8) is 0 Å². The fourth-order valence-corrected chi connectivity index (χ4v) is 2.01. The highest BCUT2D eigenvalue weighted by atomic mass is 35.5. The van der Waals surface area contributed by atoms with Gasteiger partial charge in [0.2, 0.25) is 5.91 Å². The third kappa shape index (κ3) is 5.52. The van der Waals surface area contributed by atoms with E-state index >= 15 is 0 Å². The van der Waals surface area contributed by atoms with E-state index in [1.54, 1.807) is 0 Å². The minimum atomic E-state index is 0.0579. The largest absolute Gasteiger partial charge is 0.353 e. The van der Waals surface area contributed by atoms with E-state index in [1.165, 1.54) is 0 Å². The summed E-state index contributed by atoms with van der Waals surface area (Å²) in [5.41, 5.74) is 6.62. The molecular weight excluding hydrogens is 248 g/mol. The van der Waals surface area contributed by atoms with Crippen molar-refractivity contribution in [3.8, 4) is 0 Å². The van der Waals surface area contributed by atoms with Crippen LogP contribution in [-0.2, 0) is 11.2 Å². The van der Waals surface area contributed by atoms with Crippen molar-refractivity contribution in [1.82, 2.24) is 5.32 Å². The predicted octanol–water partition coefficient (Wildman–Crippen LogP) is 2.37. The SMILES string of the molecule is CC(CN)CC(=O)NC(C)Cc1cccc(Cl)c1. The molecule has 1 amide bonds. The van der Waals surface area contributed by atoms with Crippen molar-refractivity contribution in [3.05, 3.63) is 34.9 Å². The Kier molecular flexibility index (Phi) is 6.16. The zero-order chi connectivity index (χ0) is 13.5. The highest BCUT2D eigenvalue weighted by Gasteiger charge is 2.11. The number of halogens is 1. The molecule has 0 radical (unpaired) electrons. The third-order valence-electron chi connectivity index (χ3n) is 2.77. The Morgan fingerprint density at radius 1 is 1.44 bits per heavy atom. The molecule has 0 bridgehead atoms. The van der Waals surface area contributed by atoms with Crippen molar-refractivity contribution in [2.24, 2.45) is 11.7 Å². The summed E-state index contributed by atoms with van der Waals surface area (Å²) in [6, 6.07) is 7.80. The van der Waals surface area contributed by atoms with Crippen LogP contribution >= 0.6 is 11.6 Å². The quantitative estimate of drug-likeness (QED) is 0.832. The zero-order valence-electron chi connectivity index (χ0n) is 10.9. The fraction of sp³-hybridized carbons (Fsp3) is 0.500. The van der Waals surface area contributed by atoms with Crippen LogP contribution in [0.3, 0.4) is 0 Å². The van der Waals surface area contributed by atoms with E-state index in [9.17, 15) is 4.79 Å². The van der Waals surface area contributed by atoms with Crippen LogP contribution in [0, 0.1) is 5.92 Å². The van der Waals surface area contributed by atoms with Crippen LogP contribution < -0.4 is 11.1 Å². The van der Waals surface area contributed by atoms with Crippen molar-refractivity contribution < 1.29 is 4.79 Å². The second-order valence-corrected chi connectivity index (χ2v) is 5.28. The minimum absolute atomic E-state index is 0.0579. The summed E-state index contributed by atoms with van der Waals surface area (Å²) in [5.74, 6) is 0.283. The number of hydrogen-bond donors (Lipinski definition) is 2. The molecule has 1 aromatic rings. The lowest BCUT2D eigenvalue weighted by Gasteiger charge is -2.15. The molecule has 0 heterocycles. The van der Waals surface area contributed by atoms with Crippen LogP contribution in [0.4, 0.5) is 0 Å². The molecule has 0 aliphatic rings. The number of nitrogens with two attached hydrogens (primary N) is 1. The van der Waals surface area contributed by atoms with Crippen LogP contribution in [0.15, 0.2) is 24.3 Å². The maximum atomic E-state index is 11.7. The first-order valence-electron chi connectivity index (χ1n) is 6.25. The number of hydrogen-bond acceptors (Lipinski definition) is 2. The maximum absolute atomic E-state index is 11.7. The second kappa shape index (κ2) is 7.39. The van der Waals surface area contributed by atoms with Crippen LogP contribution in [0.1, 0.15) is 25.8 Å². The van der Waals surface area contributed by atoms with Crippen LogP contribution in [0.2, 0.25) is 5.02 Å². The third-order valence-corrected chi connectivity index (χ3v) is 3.01. The van der Waals surface area contributed by atoms with E-state index in [0.717, 1.165) is 17.0 Å². The Bertz CT molecular complexity index is 395. The lowest BCUT2D eigenvalue weighted by atomic mass is 10.1. The fourth-order valence-electron chi connectivity index (χ4n) is 1.80. The molecule has 0 aromatic heterocycles. The van der Waals surface area contributed by atoms with Gasteiger partial charge < -0.3 is 11.1 Å². The second-order valence-electron chi connectivity index (χ2n) is 4.85. The molecule has 3 N–H and O–H groups in total. The summed E-state index contributed by atoms with van der Waals surface area (Å²) in [6.07, 6.45) is 1.26. The van der Waals surface area contributed by atoms with Gasteiger partial charge in [-0.1, -0.05) is 30.7 Å². The molecule has 0 saturated heterocycles. The molecule has 0 fully saturated rings. The molecule has 0 saturated carbocycles. The van der Waals surface area contributed by atoms with E-state index in [4.69, 9.17) is 17.3 Å². The average molecular weight is 269 g/mol. The van der Waals surface area contributed by atoms with Gasteiger partial charge in [0.15, 0.2) is 0 Å². The summed E-state index contributed by atoms with van der Waals surface area (Å²) in [4.78, 5) is 11.7. The lowest BCUT2D eigenvalue weighted by Crippen LogP contribution is -2.35. The van der Waals surface area contributed by atoms with Crippen molar-refractivity contribution in [1.29, 1.82) is 0 Å². The number of amides is 1. The average Bonchev–Trinajstić information content (AvgIpc) is 2.28. The predicted molar refractivity (Wildman–Crippen MR) is 75.6 cm³/mol. The van der Waals surface area contributed by atoms with Crippen LogP contribution in [0.5, 0.6) is 0 Å². The van der Waals surface area contributed by atoms with Gasteiger partial charge in [0.1, 0.15) is 0 Å². The van der Waals surface area contributed by atoms with E-state index < -0.39 is 0 Å². The Hall–Kier alpha value is -1.06. The standard InChI is InChI=1S/C14H21ClN2O/c1-10(9-16)6-14(18)17-11(2)7-12-4-3-5-13(15)8-12/h3-5,8,10-11H,6-7,9,16H2,1-2H3,(H,17,18). The normalized spacial score (nSPS) is 14.0. The number of nitrogens with one attached hydrogen (secondary N) is 1. The number of rotatable bonds is 6. The first kappa shape index (κ1) is 15.0. The van der Waals surface area contributed by atoms with Crippen LogP contribution in [-0.4, -0.2) is 18.5 Å². The first-order chi connectivity index (χ1) is 8.51. The van der Waals surface area contributed by atoms with Crippen molar-refractivity contribution >= 4 is 17.5 Å². The summed E-state index contributed by atoms with van der Waals surface area (Å²) >= 11 is 5.92. The Morgan fingerprint density at radius 3 is 2.78 bits per heavy atom. The summed E-state index contributed by atoms with van der Waals surface area (Å²) < 4.78 is 0. The molecular formula is C14H21ClN2O. The van der Waals surface area contributed by atoms with Gasteiger partial charge in [0.25, 0.3) is 0 Å². The molecule has 2 atom stereocenters. The molecule has 1 rings (SSSR count). The van der Waals surface area contributed by atoms with Gasteiger partial charge in [-0.15, -0.1) is 0 Å². The summed E-state index contributed by atoms with van der Waals surface area (Å²) in [6.45, 7) is 4.50. The lowest BCUT2D eigenvalue weighted by molar-refractivity contribution is -0.122. The number of carbonyl (C=O) groups is 1. The number of carbonyl (C=O) groups excluding carboxylic acids is 1. The van der Waals surface area contributed by atoms with Gasteiger partial charge in [0.05, 0.1) is 0 Å². The highest BCUT2D eigenvalue weighted by Crippen LogP contribution is 2.12.